The second kappa shape index (κ2) is 6.71. The maximum Gasteiger partial charge on any atom is 0.254 e. The summed E-state index contributed by atoms with van der Waals surface area (Å²) in [5.41, 5.74) is 4.61. The molecule has 2 aliphatic heterocycles. The predicted molar refractivity (Wildman–Crippen MR) is 106 cm³/mol. The summed E-state index contributed by atoms with van der Waals surface area (Å²) in [7, 11) is 0. The number of hydrogen-bond acceptors (Lipinski definition) is 2. The van der Waals surface area contributed by atoms with Gasteiger partial charge in [0.15, 0.2) is 0 Å². The van der Waals surface area contributed by atoms with Gasteiger partial charge in [-0.15, -0.1) is 0 Å². The minimum absolute atomic E-state index is 0.131. The van der Waals surface area contributed by atoms with Gasteiger partial charge in [0.05, 0.1) is 6.04 Å². The first-order valence-corrected chi connectivity index (χ1v) is 9.64. The van der Waals surface area contributed by atoms with Gasteiger partial charge in [0.1, 0.15) is 0 Å². The smallest absolute Gasteiger partial charge is 0.254 e. The molecule has 136 valence electrons. The lowest BCUT2D eigenvalue weighted by Gasteiger charge is -2.45. The van der Waals surface area contributed by atoms with Crippen LogP contribution in [-0.2, 0) is 6.42 Å². The molecule has 0 spiro atoms. The molecule has 0 bridgehead atoms. The monoisotopic (exact) mass is 357 g/mol. The number of rotatable bonds is 2. The lowest BCUT2D eigenvalue weighted by molar-refractivity contribution is 0.0453. The van der Waals surface area contributed by atoms with Crippen LogP contribution >= 0.6 is 0 Å². The van der Waals surface area contributed by atoms with Crippen LogP contribution < -0.4 is 0 Å². The number of benzene rings is 2. The fourth-order valence-electron chi connectivity index (χ4n) is 4.41. The van der Waals surface area contributed by atoms with Crippen LogP contribution in [-0.4, -0.2) is 46.5 Å². The Morgan fingerprint density at radius 1 is 0.889 bits per heavy atom. The topological polar surface area (TPSA) is 28.5 Å². The predicted octanol–water partition coefficient (Wildman–Crippen LogP) is 3.53. The number of fused-ring (bicyclic) bond motifs is 3. The van der Waals surface area contributed by atoms with Crippen LogP contribution in [0.1, 0.15) is 27.5 Å². The van der Waals surface area contributed by atoms with Crippen LogP contribution in [0.25, 0.3) is 5.69 Å². The van der Waals surface area contributed by atoms with Gasteiger partial charge in [0, 0.05) is 49.8 Å². The molecule has 0 N–H and O–H groups in total. The first-order valence-electron chi connectivity index (χ1n) is 9.64. The van der Waals surface area contributed by atoms with E-state index >= 15 is 0 Å². The van der Waals surface area contributed by atoms with Crippen molar-refractivity contribution in [2.24, 2.45) is 0 Å². The molecular formula is C23H23N3O. The van der Waals surface area contributed by atoms with E-state index in [0.29, 0.717) is 6.04 Å². The van der Waals surface area contributed by atoms with Gasteiger partial charge in [0.25, 0.3) is 5.91 Å². The summed E-state index contributed by atoms with van der Waals surface area (Å²) in [6.07, 6.45) is 5.11. The van der Waals surface area contributed by atoms with Gasteiger partial charge in [0.2, 0.25) is 0 Å². The highest BCUT2D eigenvalue weighted by atomic mass is 16.2. The zero-order valence-electron chi connectivity index (χ0n) is 15.3. The van der Waals surface area contributed by atoms with E-state index in [1.165, 1.54) is 11.1 Å². The van der Waals surface area contributed by atoms with Gasteiger partial charge in [-0.2, -0.15) is 0 Å². The van der Waals surface area contributed by atoms with Gasteiger partial charge in [-0.05, 0) is 47.9 Å². The molecule has 1 fully saturated rings. The number of nitrogens with zero attached hydrogens (tertiary/aromatic N) is 3. The Hall–Kier alpha value is -2.85. The molecule has 3 heterocycles. The highest BCUT2D eigenvalue weighted by Crippen LogP contribution is 2.32. The van der Waals surface area contributed by atoms with Crippen LogP contribution in [0.5, 0.6) is 0 Å². The molecule has 3 aromatic rings. The van der Waals surface area contributed by atoms with Crippen molar-refractivity contribution >= 4 is 5.91 Å². The molecule has 2 aliphatic rings. The SMILES string of the molecule is O=C(c1cccc(-n2cccc2)c1)N1CCN2CCc3ccccc3C2C1. The Balaban J connectivity index is 1.40. The molecule has 2 aromatic carbocycles. The van der Waals surface area contributed by atoms with Gasteiger partial charge in [-0.25, -0.2) is 0 Å². The van der Waals surface area contributed by atoms with E-state index < -0.39 is 0 Å². The highest BCUT2D eigenvalue weighted by Gasteiger charge is 2.34. The quantitative estimate of drug-likeness (QED) is 0.702. The van der Waals surface area contributed by atoms with Crippen molar-refractivity contribution in [2.75, 3.05) is 26.2 Å². The molecule has 0 aliphatic carbocycles. The normalized spacial score (nSPS) is 19.4. The fourth-order valence-corrected chi connectivity index (χ4v) is 4.41. The Labute approximate surface area is 159 Å². The lowest BCUT2D eigenvalue weighted by Crippen LogP contribution is -2.52. The van der Waals surface area contributed by atoms with Crippen molar-refractivity contribution in [3.63, 3.8) is 0 Å². The molecule has 0 saturated carbocycles. The van der Waals surface area contributed by atoms with Crippen LogP contribution in [0.15, 0.2) is 73.1 Å². The van der Waals surface area contributed by atoms with E-state index in [1.54, 1.807) is 0 Å². The summed E-state index contributed by atoms with van der Waals surface area (Å²) >= 11 is 0. The molecule has 1 unspecified atom stereocenters. The largest absolute Gasteiger partial charge is 0.335 e. The summed E-state index contributed by atoms with van der Waals surface area (Å²) < 4.78 is 2.03. The highest BCUT2D eigenvalue weighted by molar-refractivity contribution is 5.95. The molecular weight excluding hydrogens is 334 g/mol. The van der Waals surface area contributed by atoms with Gasteiger partial charge in [-0.3, -0.25) is 9.69 Å². The van der Waals surface area contributed by atoms with E-state index in [4.69, 9.17) is 0 Å². The molecule has 1 atom stereocenters. The van der Waals surface area contributed by atoms with Crippen molar-refractivity contribution in [3.05, 3.63) is 89.7 Å². The molecule has 4 nitrogen and oxygen atoms in total. The third-order valence-corrected chi connectivity index (χ3v) is 5.86. The van der Waals surface area contributed by atoms with Crippen LogP contribution in [0.2, 0.25) is 0 Å². The van der Waals surface area contributed by atoms with Crippen molar-refractivity contribution < 1.29 is 4.79 Å². The Morgan fingerprint density at radius 2 is 1.74 bits per heavy atom. The Bertz CT molecular complexity index is 963. The number of hydrogen-bond donors (Lipinski definition) is 0. The lowest BCUT2D eigenvalue weighted by atomic mass is 9.91. The average molecular weight is 357 g/mol. The van der Waals surface area contributed by atoms with Crippen molar-refractivity contribution in [3.8, 4) is 5.69 Å². The van der Waals surface area contributed by atoms with Crippen LogP contribution in [0.4, 0.5) is 0 Å². The second-order valence-corrected chi connectivity index (χ2v) is 7.39. The summed E-state index contributed by atoms with van der Waals surface area (Å²) in [4.78, 5) is 17.8. The molecule has 1 saturated heterocycles. The third-order valence-electron chi connectivity index (χ3n) is 5.86. The van der Waals surface area contributed by atoms with Gasteiger partial charge < -0.3 is 9.47 Å². The number of piperazine rings is 1. The first-order chi connectivity index (χ1) is 13.3. The fraction of sp³-hybridized carbons (Fsp3) is 0.261. The average Bonchev–Trinajstić information content (AvgIpc) is 3.28. The van der Waals surface area contributed by atoms with E-state index in [0.717, 1.165) is 43.9 Å². The molecule has 5 rings (SSSR count). The standard InChI is InChI=1S/C23H23N3O/c27-23(19-7-5-8-20(16-19)24-11-3-4-12-24)26-15-14-25-13-10-18-6-1-2-9-21(18)22(25)17-26/h1-9,11-12,16,22H,10,13-15,17H2. The summed E-state index contributed by atoms with van der Waals surface area (Å²) in [6, 6.07) is 20.9. The molecule has 27 heavy (non-hydrogen) atoms. The number of aromatic nitrogens is 1. The maximum absolute atomic E-state index is 13.2. The van der Waals surface area contributed by atoms with Gasteiger partial charge in [-0.1, -0.05) is 30.3 Å². The van der Waals surface area contributed by atoms with E-state index in [1.807, 2.05) is 58.3 Å². The number of amides is 1. The summed E-state index contributed by atoms with van der Waals surface area (Å²) in [5.74, 6) is 0.131. The minimum atomic E-state index is 0.131. The third kappa shape index (κ3) is 2.96. The second-order valence-electron chi connectivity index (χ2n) is 7.39. The van der Waals surface area contributed by atoms with E-state index in [2.05, 4.69) is 29.2 Å². The minimum Gasteiger partial charge on any atom is -0.335 e. The molecule has 4 heteroatoms. The van der Waals surface area contributed by atoms with E-state index in [-0.39, 0.29) is 5.91 Å². The van der Waals surface area contributed by atoms with Crippen LogP contribution in [0.3, 0.4) is 0 Å². The first kappa shape index (κ1) is 16.3. The Morgan fingerprint density at radius 3 is 2.63 bits per heavy atom. The van der Waals surface area contributed by atoms with Crippen molar-refractivity contribution in [2.45, 2.75) is 12.5 Å². The molecule has 1 amide bonds. The van der Waals surface area contributed by atoms with Crippen molar-refractivity contribution in [1.29, 1.82) is 0 Å². The number of carbonyl (C=O) groups is 1. The van der Waals surface area contributed by atoms with E-state index in [9.17, 15) is 4.79 Å². The number of carbonyl (C=O) groups excluding carboxylic acids is 1. The zero-order valence-corrected chi connectivity index (χ0v) is 15.3. The zero-order chi connectivity index (χ0) is 18.2. The van der Waals surface area contributed by atoms with Crippen molar-refractivity contribution in [1.82, 2.24) is 14.4 Å². The summed E-state index contributed by atoms with van der Waals surface area (Å²) in [6.45, 7) is 3.60. The summed E-state index contributed by atoms with van der Waals surface area (Å²) in [5, 5.41) is 0. The van der Waals surface area contributed by atoms with Gasteiger partial charge >= 0.3 is 0 Å². The Kier molecular flexibility index (Phi) is 4.06. The maximum atomic E-state index is 13.2. The van der Waals surface area contributed by atoms with Crippen LogP contribution in [0, 0.1) is 0 Å². The molecule has 0 radical (unpaired) electrons. The molecule has 1 aromatic heterocycles.